The van der Waals surface area contributed by atoms with Crippen LogP contribution in [0.2, 0.25) is 0 Å². The van der Waals surface area contributed by atoms with Crippen molar-refractivity contribution in [3.05, 3.63) is 11.7 Å². The van der Waals surface area contributed by atoms with Gasteiger partial charge in [-0.1, -0.05) is 5.16 Å². The fraction of sp³-hybridized carbons (Fsp3) is 0.714. The molecule has 1 fully saturated rings. The van der Waals surface area contributed by atoms with E-state index in [4.69, 9.17) is 9.26 Å². The highest BCUT2D eigenvalue weighted by Gasteiger charge is 2.23. The average molecular weight is 206 g/mol. The normalized spacial score (nSPS) is 16.4. The number of ether oxygens (including phenoxy) is 1. The molecule has 5 nitrogen and oxygen atoms in total. The van der Waals surface area contributed by atoms with Crippen molar-refractivity contribution >= 4 is 12.4 Å². The molecule has 0 amide bonds. The van der Waals surface area contributed by atoms with Crippen LogP contribution in [-0.4, -0.2) is 30.3 Å². The lowest BCUT2D eigenvalue weighted by Gasteiger charge is -2.23. The highest BCUT2D eigenvalue weighted by Crippen LogP contribution is 2.15. The summed E-state index contributed by atoms with van der Waals surface area (Å²) < 4.78 is 9.81. The molecule has 13 heavy (non-hydrogen) atoms. The minimum Gasteiger partial charge on any atom is -0.375 e. The Balaban J connectivity index is 0.000000845. The van der Waals surface area contributed by atoms with E-state index < -0.39 is 0 Å². The van der Waals surface area contributed by atoms with Crippen molar-refractivity contribution in [2.24, 2.45) is 0 Å². The molecule has 1 aliphatic heterocycles. The number of methoxy groups -OCH3 is 1. The molecule has 0 aliphatic carbocycles. The van der Waals surface area contributed by atoms with Crippen molar-refractivity contribution in [1.29, 1.82) is 0 Å². The molecule has 0 aromatic carbocycles. The molecule has 2 heterocycles. The van der Waals surface area contributed by atoms with Gasteiger partial charge in [0, 0.05) is 26.1 Å². The summed E-state index contributed by atoms with van der Waals surface area (Å²) in [7, 11) is 1.61. The van der Waals surface area contributed by atoms with E-state index in [1.54, 1.807) is 7.11 Å². The Morgan fingerprint density at radius 2 is 2.38 bits per heavy atom. The van der Waals surface area contributed by atoms with Crippen molar-refractivity contribution in [3.8, 4) is 0 Å². The standard InChI is InChI=1S/C7H11N3O2.ClH/c1-11-4-6-9-7(10-12-6)5-2-8-3-5;/h5,8H,2-4H2,1H3;1H. The molecule has 1 N–H and O–H groups in total. The van der Waals surface area contributed by atoms with E-state index in [9.17, 15) is 0 Å². The number of nitrogens with zero attached hydrogens (tertiary/aromatic N) is 2. The van der Waals surface area contributed by atoms with Crippen molar-refractivity contribution in [1.82, 2.24) is 15.5 Å². The molecule has 0 unspecified atom stereocenters. The molecule has 2 rings (SSSR count). The van der Waals surface area contributed by atoms with Gasteiger partial charge in [0.2, 0.25) is 0 Å². The number of hydrogen-bond donors (Lipinski definition) is 1. The zero-order chi connectivity index (χ0) is 8.39. The van der Waals surface area contributed by atoms with Gasteiger partial charge in [0.25, 0.3) is 5.89 Å². The van der Waals surface area contributed by atoms with E-state index in [2.05, 4.69) is 15.5 Å². The van der Waals surface area contributed by atoms with Crippen molar-refractivity contribution < 1.29 is 9.26 Å². The Morgan fingerprint density at radius 3 is 2.92 bits per heavy atom. The summed E-state index contributed by atoms with van der Waals surface area (Å²) in [5.74, 6) is 1.78. The van der Waals surface area contributed by atoms with Gasteiger partial charge >= 0.3 is 0 Å². The number of rotatable bonds is 3. The fourth-order valence-electron chi connectivity index (χ4n) is 1.09. The smallest absolute Gasteiger partial charge is 0.252 e. The lowest BCUT2D eigenvalue weighted by molar-refractivity contribution is 0.151. The second-order valence-corrected chi connectivity index (χ2v) is 2.83. The van der Waals surface area contributed by atoms with Crippen LogP contribution < -0.4 is 5.32 Å². The molecular formula is C7H12ClN3O2. The summed E-state index contributed by atoms with van der Waals surface area (Å²) in [5.41, 5.74) is 0. The van der Waals surface area contributed by atoms with Crippen LogP contribution in [0.1, 0.15) is 17.6 Å². The lowest BCUT2D eigenvalue weighted by Crippen LogP contribution is -2.40. The minimum atomic E-state index is 0. The summed E-state index contributed by atoms with van der Waals surface area (Å²) in [6.07, 6.45) is 0. The Bertz CT molecular complexity index is 262. The molecule has 6 heteroatoms. The van der Waals surface area contributed by atoms with Gasteiger partial charge in [-0.25, -0.2) is 0 Å². The first-order valence-electron chi connectivity index (χ1n) is 3.92. The maximum atomic E-state index is 4.95. The number of nitrogens with one attached hydrogen (secondary N) is 1. The monoisotopic (exact) mass is 205 g/mol. The van der Waals surface area contributed by atoms with Crippen molar-refractivity contribution in [2.75, 3.05) is 20.2 Å². The van der Waals surface area contributed by atoms with E-state index in [0.29, 0.717) is 18.4 Å². The molecule has 0 radical (unpaired) electrons. The molecule has 0 atom stereocenters. The number of halogens is 1. The molecule has 74 valence electrons. The first kappa shape index (κ1) is 10.4. The molecular weight excluding hydrogens is 194 g/mol. The van der Waals surface area contributed by atoms with Gasteiger partial charge < -0.3 is 14.6 Å². The van der Waals surface area contributed by atoms with Gasteiger partial charge in [-0.2, -0.15) is 4.98 Å². The van der Waals surface area contributed by atoms with Gasteiger partial charge in [0.1, 0.15) is 6.61 Å². The largest absolute Gasteiger partial charge is 0.375 e. The Labute approximate surface area is 82.3 Å². The van der Waals surface area contributed by atoms with Crippen LogP contribution in [0.3, 0.4) is 0 Å². The molecule has 0 spiro atoms. The lowest BCUT2D eigenvalue weighted by atomic mass is 10.0. The maximum Gasteiger partial charge on any atom is 0.252 e. The SMILES string of the molecule is COCc1nc(C2CNC2)no1.Cl. The summed E-state index contributed by atoms with van der Waals surface area (Å²) in [5, 5.41) is 7.00. The van der Waals surface area contributed by atoms with E-state index in [0.717, 1.165) is 18.9 Å². The Hall–Kier alpha value is -0.650. The predicted octanol–water partition coefficient (Wildman–Crippen LogP) is 0.325. The summed E-state index contributed by atoms with van der Waals surface area (Å²) in [6, 6.07) is 0. The molecule has 1 saturated heterocycles. The van der Waals surface area contributed by atoms with E-state index in [1.807, 2.05) is 0 Å². The summed E-state index contributed by atoms with van der Waals surface area (Å²) in [6.45, 7) is 2.30. The molecule has 1 aromatic rings. The minimum absolute atomic E-state index is 0. The molecule has 0 saturated carbocycles. The van der Waals surface area contributed by atoms with Crippen LogP contribution in [0.5, 0.6) is 0 Å². The van der Waals surface area contributed by atoms with E-state index in [1.165, 1.54) is 0 Å². The topological polar surface area (TPSA) is 60.2 Å². The number of hydrogen-bond acceptors (Lipinski definition) is 5. The van der Waals surface area contributed by atoms with Gasteiger partial charge in [-0.15, -0.1) is 12.4 Å². The zero-order valence-electron chi connectivity index (χ0n) is 7.32. The van der Waals surface area contributed by atoms with Crippen LogP contribution in [0.25, 0.3) is 0 Å². The van der Waals surface area contributed by atoms with Crippen LogP contribution in [-0.2, 0) is 11.3 Å². The third-order valence-electron chi connectivity index (χ3n) is 1.90. The van der Waals surface area contributed by atoms with E-state index in [-0.39, 0.29) is 12.4 Å². The average Bonchev–Trinajstić information content (AvgIpc) is 2.34. The first-order chi connectivity index (χ1) is 5.90. The van der Waals surface area contributed by atoms with Crippen LogP contribution >= 0.6 is 12.4 Å². The van der Waals surface area contributed by atoms with Crippen LogP contribution in [0, 0.1) is 0 Å². The molecule has 1 aliphatic rings. The zero-order valence-corrected chi connectivity index (χ0v) is 8.13. The van der Waals surface area contributed by atoms with Crippen LogP contribution in [0.15, 0.2) is 4.52 Å². The summed E-state index contributed by atoms with van der Waals surface area (Å²) in [4.78, 5) is 4.18. The van der Waals surface area contributed by atoms with Gasteiger partial charge in [0.15, 0.2) is 5.82 Å². The first-order valence-corrected chi connectivity index (χ1v) is 3.92. The highest BCUT2D eigenvalue weighted by atomic mass is 35.5. The fourth-order valence-corrected chi connectivity index (χ4v) is 1.09. The Kier molecular flexibility index (Phi) is 3.65. The quantitative estimate of drug-likeness (QED) is 0.771. The Morgan fingerprint density at radius 1 is 1.62 bits per heavy atom. The van der Waals surface area contributed by atoms with Crippen molar-refractivity contribution in [3.63, 3.8) is 0 Å². The highest BCUT2D eigenvalue weighted by molar-refractivity contribution is 5.85. The molecule has 0 bridgehead atoms. The second kappa shape index (κ2) is 4.55. The second-order valence-electron chi connectivity index (χ2n) is 2.83. The van der Waals surface area contributed by atoms with Crippen LogP contribution in [0.4, 0.5) is 0 Å². The predicted molar refractivity (Wildman–Crippen MR) is 47.9 cm³/mol. The maximum absolute atomic E-state index is 4.95. The van der Waals surface area contributed by atoms with Gasteiger partial charge in [-0.05, 0) is 0 Å². The third kappa shape index (κ3) is 2.18. The third-order valence-corrected chi connectivity index (χ3v) is 1.90. The number of aromatic nitrogens is 2. The molecule has 1 aromatic heterocycles. The van der Waals surface area contributed by atoms with Gasteiger partial charge in [0.05, 0.1) is 0 Å². The summed E-state index contributed by atoms with van der Waals surface area (Å²) >= 11 is 0. The van der Waals surface area contributed by atoms with E-state index >= 15 is 0 Å². The van der Waals surface area contributed by atoms with Gasteiger partial charge in [-0.3, -0.25) is 0 Å². The van der Waals surface area contributed by atoms with Crippen molar-refractivity contribution in [2.45, 2.75) is 12.5 Å².